The van der Waals surface area contributed by atoms with Crippen LogP contribution in [0.15, 0.2) is 35.5 Å². The third-order valence-electron chi connectivity index (χ3n) is 6.28. The number of carbonyl (C=O) groups excluding carboxylic acids is 2. The summed E-state index contributed by atoms with van der Waals surface area (Å²) in [6, 6.07) is 5.28. The Bertz CT molecular complexity index is 789. The summed E-state index contributed by atoms with van der Waals surface area (Å²) in [6.07, 6.45) is 1.99. The highest BCUT2D eigenvalue weighted by molar-refractivity contribution is 6.01. The summed E-state index contributed by atoms with van der Waals surface area (Å²) in [5.41, 5.74) is 2.06. The van der Waals surface area contributed by atoms with Crippen LogP contribution in [0, 0.1) is 5.82 Å². The second-order valence-corrected chi connectivity index (χ2v) is 7.98. The molecule has 1 aromatic rings. The number of carbonyl (C=O) groups is 2. The Morgan fingerprint density at radius 3 is 2.48 bits per heavy atom. The molecule has 2 atom stereocenters. The summed E-state index contributed by atoms with van der Waals surface area (Å²) in [5, 5.41) is 2.89. The van der Waals surface area contributed by atoms with Crippen LogP contribution in [0.4, 0.5) is 9.18 Å². The van der Waals surface area contributed by atoms with Gasteiger partial charge in [-0.2, -0.15) is 0 Å². The molecule has 0 fully saturated rings. The van der Waals surface area contributed by atoms with Crippen molar-refractivity contribution in [2.24, 2.45) is 0 Å². The Labute approximate surface area is 172 Å². The normalized spacial score (nSPS) is 20.4. The lowest BCUT2D eigenvalue weighted by atomic mass is 9.95. The lowest BCUT2D eigenvalue weighted by Gasteiger charge is -2.31. The molecule has 2 aliphatic rings. The lowest BCUT2D eigenvalue weighted by Crippen LogP contribution is -3.11. The fourth-order valence-corrected chi connectivity index (χ4v) is 4.26. The molecule has 1 aromatic carbocycles. The maximum atomic E-state index is 13.3. The summed E-state index contributed by atoms with van der Waals surface area (Å²) >= 11 is 0. The van der Waals surface area contributed by atoms with Crippen molar-refractivity contribution in [3.8, 4) is 0 Å². The summed E-state index contributed by atoms with van der Waals surface area (Å²) in [4.78, 5) is 30.7. The van der Waals surface area contributed by atoms with Gasteiger partial charge in [0, 0.05) is 13.1 Å². The van der Waals surface area contributed by atoms with E-state index in [1.165, 1.54) is 17.0 Å². The topological polar surface area (TPSA) is 57.1 Å². The Balaban J connectivity index is 1.76. The monoisotopic (exact) mass is 403 g/mol. The Morgan fingerprint density at radius 1 is 1.21 bits per heavy atom. The van der Waals surface area contributed by atoms with Crippen molar-refractivity contribution in [3.05, 3.63) is 46.9 Å². The van der Waals surface area contributed by atoms with Crippen LogP contribution in [-0.2, 0) is 4.79 Å². The number of halogens is 1. The van der Waals surface area contributed by atoms with Gasteiger partial charge >= 0.3 is 6.03 Å². The van der Waals surface area contributed by atoms with Gasteiger partial charge in [-0.25, -0.2) is 9.18 Å². The summed E-state index contributed by atoms with van der Waals surface area (Å²) in [5.74, 6) is -0.380. The minimum atomic E-state index is -0.542. The molecule has 2 heterocycles. The first-order chi connectivity index (χ1) is 13.9. The van der Waals surface area contributed by atoms with Gasteiger partial charge in [-0.15, -0.1) is 0 Å². The Morgan fingerprint density at radius 2 is 1.86 bits per heavy atom. The van der Waals surface area contributed by atoms with Crippen molar-refractivity contribution < 1.29 is 18.9 Å². The molecule has 29 heavy (non-hydrogen) atoms. The molecule has 158 valence electrons. The number of rotatable bonds is 8. The average Bonchev–Trinajstić information content (AvgIpc) is 3.06. The van der Waals surface area contributed by atoms with Crippen LogP contribution in [0.3, 0.4) is 0 Å². The Hall–Kier alpha value is -2.41. The SMILES string of the molecule is CC[NH+](CC)CCC[C@H](C)N1CC2=C(C1=O)[C@@H](c1ccc(F)cc1)NC(=O)N2C. The molecule has 0 unspecified atom stereocenters. The Kier molecular flexibility index (Phi) is 6.57. The van der Waals surface area contributed by atoms with Crippen molar-refractivity contribution in [3.63, 3.8) is 0 Å². The maximum absolute atomic E-state index is 13.3. The number of hydrogen-bond donors (Lipinski definition) is 2. The first-order valence-electron chi connectivity index (χ1n) is 10.5. The molecule has 2 aliphatic heterocycles. The fourth-order valence-electron chi connectivity index (χ4n) is 4.26. The second-order valence-electron chi connectivity index (χ2n) is 7.98. The van der Waals surface area contributed by atoms with E-state index in [4.69, 9.17) is 0 Å². The van der Waals surface area contributed by atoms with Gasteiger partial charge < -0.3 is 15.1 Å². The number of amides is 3. The number of nitrogens with one attached hydrogen (secondary N) is 2. The van der Waals surface area contributed by atoms with Gasteiger partial charge in [-0.1, -0.05) is 12.1 Å². The third-order valence-corrected chi connectivity index (χ3v) is 6.28. The molecular formula is C22H32FN4O2+. The zero-order valence-corrected chi connectivity index (χ0v) is 17.8. The maximum Gasteiger partial charge on any atom is 0.322 e. The molecule has 6 nitrogen and oxygen atoms in total. The highest BCUT2D eigenvalue weighted by atomic mass is 19.1. The number of nitrogens with zero attached hydrogens (tertiary/aromatic N) is 2. The molecular weight excluding hydrogens is 371 g/mol. The van der Waals surface area contributed by atoms with Gasteiger partial charge in [-0.05, 0) is 51.3 Å². The average molecular weight is 404 g/mol. The zero-order chi connectivity index (χ0) is 21.1. The molecule has 0 saturated carbocycles. The van der Waals surface area contributed by atoms with E-state index < -0.39 is 6.04 Å². The second kappa shape index (κ2) is 8.95. The minimum absolute atomic E-state index is 0.0381. The van der Waals surface area contributed by atoms with E-state index in [-0.39, 0.29) is 23.8 Å². The van der Waals surface area contributed by atoms with Crippen LogP contribution < -0.4 is 10.2 Å². The van der Waals surface area contributed by atoms with Crippen molar-refractivity contribution in [1.82, 2.24) is 15.1 Å². The molecule has 2 N–H and O–H groups in total. The zero-order valence-electron chi connectivity index (χ0n) is 17.8. The summed E-state index contributed by atoms with van der Waals surface area (Å²) in [6.45, 7) is 10.2. The number of likely N-dealkylation sites (N-methyl/N-ethyl adjacent to an activating group) is 1. The number of benzene rings is 1. The lowest BCUT2D eigenvalue weighted by molar-refractivity contribution is -0.896. The highest BCUT2D eigenvalue weighted by Crippen LogP contribution is 2.36. The van der Waals surface area contributed by atoms with E-state index in [1.807, 2.05) is 4.90 Å². The minimum Gasteiger partial charge on any atom is -0.335 e. The van der Waals surface area contributed by atoms with E-state index >= 15 is 0 Å². The van der Waals surface area contributed by atoms with Crippen LogP contribution in [0.5, 0.6) is 0 Å². The quantitative estimate of drug-likeness (QED) is 0.694. The molecule has 0 spiro atoms. The molecule has 0 radical (unpaired) electrons. The predicted molar refractivity (Wildman–Crippen MR) is 110 cm³/mol. The van der Waals surface area contributed by atoms with Crippen molar-refractivity contribution in [2.45, 2.75) is 45.7 Å². The molecule has 0 aromatic heterocycles. The van der Waals surface area contributed by atoms with Gasteiger partial charge in [0.2, 0.25) is 0 Å². The first-order valence-corrected chi connectivity index (χ1v) is 10.5. The molecule has 7 heteroatoms. The van der Waals surface area contributed by atoms with Gasteiger partial charge in [0.1, 0.15) is 5.82 Å². The fraction of sp³-hybridized carbons (Fsp3) is 0.545. The van der Waals surface area contributed by atoms with E-state index in [0.29, 0.717) is 17.7 Å². The van der Waals surface area contributed by atoms with Crippen LogP contribution >= 0.6 is 0 Å². The van der Waals surface area contributed by atoms with E-state index in [2.05, 4.69) is 26.1 Å². The summed E-state index contributed by atoms with van der Waals surface area (Å²) in [7, 11) is 1.69. The largest absolute Gasteiger partial charge is 0.335 e. The van der Waals surface area contributed by atoms with Gasteiger partial charge in [0.05, 0.1) is 43.5 Å². The van der Waals surface area contributed by atoms with E-state index in [9.17, 15) is 14.0 Å². The number of hydrogen-bond acceptors (Lipinski definition) is 2. The molecule has 3 rings (SSSR count). The molecule has 3 amide bonds. The third kappa shape index (κ3) is 4.29. The van der Waals surface area contributed by atoms with E-state index in [1.54, 1.807) is 24.1 Å². The van der Waals surface area contributed by atoms with Crippen molar-refractivity contribution in [2.75, 3.05) is 33.2 Å². The van der Waals surface area contributed by atoms with Crippen LogP contribution in [0.1, 0.15) is 45.2 Å². The standard InChI is InChI=1S/C22H31FN4O2/c1-5-26(6-2)13-7-8-15(3)27-14-18-19(21(27)28)20(24-22(29)25(18)4)16-9-11-17(23)12-10-16/h9-12,15,20H,5-8,13-14H2,1-4H3,(H,24,29)/p+1/t15-,20+/m0/s1. The van der Waals surface area contributed by atoms with Crippen LogP contribution in [0.2, 0.25) is 0 Å². The molecule has 0 aliphatic carbocycles. The number of quaternary nitrogens is 1. The molecule has 0 bridgehead atoms. The molecule has 0 saturated heterocycles. The van der Waals surface area contributed by atoms with E-state index in [0.717, 1.165) is 38.2 Å². The van der Waals surface area contributed by atoms with Gasteiger partial charge in [0.15, 0.2) is 0 Å². The van der Waals surface area contributed by atoms with Crippen molar-refractivity contribution >= 4 is 11.9 Å². The van der Waals surface area contributed by atoms with Gasteiger partial charge in [0.25, 0.3) is 5.91 Å². The van der Waals surface area contributed by atoms with Crippen molar-refractivity contribution in [1.29, 1.82) is 0 Å². The predicted octanol–water partition coefficient (Wildman–Crippen LogP) is 1.71. The smallest absolute Gasteiger partial charge is 0.322 e. The van der Waals surface area contributed by atoms with Crippen LogP contribution in [0.25, 0.3) is 0 Å². The number of urea groups is 1. The highest BCUT2D eigenvalue weighted by Gasteiger charge is 2.44. The van der Waals surface area contributed by atoms with Crippen LogP contribution in [-0.4, -0.2) is 61.0 Å². The first kappa shape index (κ1) is 21.3. The van der Waals surface area contributed by atoms with Gasteiger partial charge in [-0.3, -0.25) is 9.69 Å². The summed E-state index contributed by atoms with van der Waals surface area (Å²) < 4.78 is 13.3.